The van der Waals surface area contributed by atoms with Gasteiger partial charge in [-0.2, -0.15) is 0 Å². The van der Waals surface area contributed by atoms with Crippen LogP contribution < -0.4 is 10.6 Å². The fraction of sp³-hybridized carbons (Fsp3) is 0.500. The van der Waals surface area contributed by atoms with Gasteiger partial charge in [-0.05, 0) is 38.9 Å². The number of hydrogen-bond acceptors (Lipinski definition) is 2. The number of carbonyl (C=O) groups is 1. The SMILES string of the molecule is CNC1(C)CCN(C(=O)Nc2ccccc2)CC1. The number of piperidine rings is 1. The van der Waals surface area contributed by atoms with Crippen LogP contribution in [0.25, 0.3) is 0 Å². The summed E-state index contributed by atoms with van der Waals surface area (Å²) in [6.45, 7) is 3.81. The van der Waals surface area contributed by atoms with Crippen LogP contribution in [0.4, 0.5) is 10.5 Å². The van der Waals surface area contributed by atoms with Crippen molar-refractivity contribution in [3.05, 3.63) is 30.3 Å². The summed E-state index contributed by atoms with van der Waals surface area (Å²) in [7, 11) is 1.99. The van der Waals surface area contributed by atoms with Crippen molar-refractivity contribution in [3.8, 4) is 0 Å². The summed E-state index contributed by atoms with van der Waals surface area (Å²) in [6, 6.07) is 9.58. The molecule has 1 aliphatic rings. The predicted octanol–water partition coefficient (Wildman–Crippen LogP) is 2.29. The van der Waals surface area contributed by atoms with Crippen LogP contribution >= 0.6 is 0 Å². The second kappa shape index (κ2) is 5.40. The predicted molar refractivity (Wildman–Crippen MR) is 73.7 cm³/mol. The van der Waals surface area contributed by atoms with Crippen molar-refractivity contribution in [1.29, 1.82) is 0 Å². The molecule has 0 bridgehead atoms. The van der Waals surface area contributed by atoms with Gasteiger partial charge in [0.25, 0.3) is 0 Å². The molecule has 1 heterocycles. The molecule has 1 fully saturated rings. The van der Waals surface area contributed by atoms with Crippen molar-refractivity contribution in [2.45, 2.75) is 25.3 Å². The first-order valence-corrected chi connectivity index (χ1v) is 6.43. The van der Waals surface area contributed by atoms with Crippen LogP contribution in [0.15, 0.2) is 30.3 Å². The molecule has 0 spiro atoms. The topological polar surface area (TPSA) is 44.4 Å². The summed E-state index contributed by atoms with van der Waals surface area (Å²) in [5.74, 6) is 0. The number of nitrogens with zero attached hydrogens (tertiary/aromatic N) is 1. The minimum atomic E-state index is -0.000599. The Kier molecular flexibility index (Phi) is 3.87. The van der Waals surface area contributed by atoms with Crippen molar-refractivity contribution in [2.75, 3.05) is 25.5 Å². The lowest BCUT2D eigenvalue weighted by atomic mass is 9.90. The van der Waals surface area contributed by atoms with Crippen LogP contribution in [0, 0.1) is 0 Å². The van der Waals surface area contributed by atoms with Gasteiger partial charge >= 0.3 is 6.03 Å². The first-order chi connectivity index (χ1) is 8.63. The van der Waals surface area contributed by atoms with Gasteiger partial charge < -0.3 is 15.5 Å². The first kappa shape index (κ1) is 12.9. The lowest BCUT2D eigenvalue weighted by Crippen LogP contribution is -2.52. The maximum absolute atomic E-state index is 12.1. The lowest BCUT2D eigenvalue weighted by Gasteiger charge is -2.39. The Labute approximate surface area is 108 Å². The molecule has 2 rings (SSSR count). The molecule has 0 atom stereocenters. The molecule has 1 saturated heterocycles. The van der Waals surface area contributed by atoms with Crippen LogP contribution in [-0.2, 0) is 0 Å². The molecule has 0 aromatic heterocycles. The maximum atomic E-state index is 12.1. The van der Waals surface area contributed by atoms with Crippen molar-refractivity contribution < 1.29 is 4.79 Å². The highest BCUT2D eigenvalue weighted by Crippen LogP contribution is 2.21. The largest absolute Gasteiger partial charge is 0.324 e. The highest BCUT2D eigenvalue weighted by Gasteiger charge is 2.30. The molecule has 0 aliphatic carbocycles. The van der Waals surface area contributed by atoms with E-state index in [0.29, 0.717) is 0 Å². The average Bonchev–Trinajstić information content (AvgIpc) is 2.40. The molecule has 1 aromatic carbocycles. The van der Waals surface area contributed by atoms with Gasteiger partial charge in [0.05, 0.1) is 0 Å². The number of anilines is 1. The Morgan fingerprint density at radius 1 is 1.22 bits per heavy atom. The molecule has 0 radical (unpaired) electrons. The van der Waals surface area contributed by atoms with Gasteiger partial charge in [0.2, 0.25) is 0 Å². The molecule has 0 saturated carbocycles. The quantitative estimate of drug-likeness (QED) is 0.842. The summed E-state index contributed by atoms with van der Waals surface area (Å²) in [5.41, 5.74) is 1.02. The Balaban J connectivity index is 1.88. The normalized spacial score (nSPS) is 18.4. The van der Waals surface area contributed by atoms with Crippen molar-refractivity contribution >= 4 is 11.7 Å². The van der Waals surface area contributed by atoms with Crippen molar-refractivity contribution in [1.82, 2.24) is 10.2 Å². The number of urea groups is 1. The van der Waals surface area contributed by atoms with Gasteiger partial charge in [-0.15, -0.1) is 0 Å². The van der Waals surface area contributed by atoms with Crippen molar-refractivity contribution in [2.24, 2.45) is 0 Å². The zero-order valence-corrected chi connectivity index (χ0v) is 11.1. The molecular formula is C14H21N3O. The van der Waals surface area contributed by atoms with E-state index >= 15 is 0 Å². The first-order valence-electron chi connectivity index (χ1n) is 6.43. The zero-order chi connectivity index (χ0) is 13.0. The fourth-order valence-corrected chi connectivity index (χ4v) is 2.18. The lowest BCUT2D eigenvalue weighted by molar-refractivity contribution is 0.163. The van der Waals surface area contributed by atoms with Gasteiger partial charge in [0, 0.05) is 24.3 Å². The number of hydrogen-bond donors (Lipinski definition) is 2. The number of likely N-dealkylation sites (tertiary alicyclic amines) is 1. The smallest absolute Gasteiger partial charge is 0.321 e. The third kappa shape index (κ3) is 3.01. The third-order valence-electron chi connectivity index (χ3n) is 3.78. The monoisotopic (exact) mass is 247 g/mol. The number of carbonyl (C=O) groups excluding carboxylic acids is 1. The van der Waals surface area contributed by atoms with E-state index in [4.69, 9.17) is 0 Å². The molecular weight excluding hydrogens is 226 g/mol. The number of benzene rings is 1. The molecule has 18 heavy (non-hydrogen) atoms. The van der Waals surface area contributed by atoms with E-state index in [-0.39, 0.29) is 11.6 Å². The zero-order valence-electron chi connectivity index (χ0n) is 11.1. The number of nitrogens with one attached hydrogen (secondary N) is 2. The molecule has 0 unspecified atom stereocenters. The van der Waals surface area contributed by atoms with Crippen LogP contribution in [-0.4, -0.2) is 36.6 Å². The fourth-order valence-electron chi connectivity index (χ4n) is 2.18. The molecule has 1 aromatic rings. The van der Waals surface area contributed by atoms with Crippen molar-refractivity contribution in [3.63, 3.8) is 0 Å². The van der Waals surface area contributed by atoms with Crippen LogP contribution in [0.3, 0.4) is 0 Å². The highest BCUT2D eigenvalue weighted by molar-refractivity contribution is 5.89. The average molecular weight is 247 g/mol. The Morgan fingerprint density at radius 3 is 2.39 bits per heavy atom. The standard InChI is InChI=1S/C14H21N3O/c1-14(15-2)8-10-17(11-9-14)13(18)16-12-6-4-3-5-7-12/h3-7,15H,8-11H2,1-2H3,(H,16,18). The molecule has 4 heteroatoms. The summed E-state index contributed by atoms with van der Waals surface area (Å²) in [4.78, 5) is 13.9. The minimum Gasteiger partial charge on any atom is -0.324 e. The van der Waals surface area contributed by atoms with E-state index in [2.05, 4.69) is 17.6 Å². The van der Waals surface area contributed by atoms with E-state index < -0.39 is 0 Å². The summed E-state index contributed by atoms with van der Waals surface area (Å²) in [5, 5.41) is 6.25. The van der Waals surface area contributed by atoms with Crippen LogP contribution in [0.1, 0.15) is 19.8 Å². The summed E-state index contributed by atoms with van der Waals surface area (Å²) >= 11 is 0. The summed E-state index contributed by atoms with van der Waals surface area (Å²) < 4.78 is 0. The molecule has 2 N–H and O–H groups in total. The van der Waals surface area contributed by atoms with E-state index in [1.807, 2.05) is 42.3 Å². The van der Waals surface area contributed by atoms with E-state index in [1.54, 1.807) is 0 Å². The molecule has 1 aliphatic heterocycles. The van der Waals surface area contributed by atoms with E-state index in [9.17, 15) is 4.79 Å². The van der Waals surface area contributed by atoms with Gasteiger partial charge in [-0.3, -0.25) is 0 Å². The Bertz CT molecular complexity index is 397. The maximum Gasteiger partial charge on any atom is 0.321 e. The summed E-state index contributed by atoms with van der Waals surface area (Å²) in [6.07, 6.45) is 1.98. The Morgan fingerprint density at radius 2 is 1.83 bits per heavy atom. The third-order valence-corrected chi connectivity index (χ3v) is 3.78. The number of para-hydroxylation sites is 1. The van der Waals surface area contributed by atoms with E-state index in [1.165, 1.54) is 0 Å². The van der Waals surface area contributed by atoms with Gasteiger partial charge in [-0.1, -0.05) is 18.2 Å². The van der Waals surface area contributed by atoms with Gasteiger partial charge in [0.15, 0.2) is 0 Å². The minimum absolute atomic E-state index is 0.000599. The van der Waals surface area contributed by atoms with E-state index in [0.717, 1.165) is 31.6 Å². The number of amides is 2. The number of rotatable bonds is 2. The highest BCUT2D eigenvalue weighted by atomic mass is 16.2. The molecule has 98 valence electrons. The molecule has 2 amide bonds. The van der Waals surface area contributed by atoms with Crippen LogP contribution in [0.5, 0.6) is 0 Å². The second-order valence-corrected chi connectivity index (χ2v) is 5.09. The van der Waals surface area contributed by atoms with Gasteiger partial charge in [0.1, 0.15) is 0 Å². The van der Waals surface area contributed by atoms with Crippen LogP contribution in [0.2, 0.25) is 0 Å². The second-order valence-electron chi connectivity index (χ2n) is 5.09. The van der Waals surface area contributed by atoms with Gasteiger partial charge in [-0.25, -0.2) is 4.79 Å². The Hall–Kier alpha value is -1.55. The molecule has 4 nitrogen and oxygen atoms in total.